The zero-order valence-corrected chi connectivity index (χ0v) is 9.98. The molecule has 0 aromatic heterocycles. The molecular formula is C14H18N2O. The summed E-state index contributed by atoms with van der Waals surface area (Å²) in [6.45, 7) is 0. The molecule has 1 aromatic rings. The van der Waals surface area contributed by atoms with Gasteiger partial charge in [-0.15, -0.1) is 0 Å². The van der Waals surface area contributed by atoms with Crippen molar-refractivity contribution >= 4 is 11.6 Å². The lowest BCUT2D eigenvalue weighted by atomic mass is 9.99. The number of amides is 1. The zero-order valence-electron chi connectivity index (χ0n) is 9.98. The molecule has 1 amide bonds. The minimum Gasteiger partial charge on any atom is -0.273 e. The van der Waals surface area contributed by atoms with Crippen LogP contribution in [0.4, 0.5) is 0 Å². The van der Waals surface area contributed by atoms with E-state index in [0.717, 1.165) is 24.1 Å². The van der Waals surface area contributed by atoms with Crippen molar-refractivity contribution in [2.45, 2.75) is 38.5 Å². The Hall–Kier alpha value is -1.64. The smallest absolute Gasteiger partial charge is 0.244 e. The Kier molecular flexibility index (Phi) is 4.30. The number of hydrazone groups is 1. The number of nitrogens with zero attached hydrogens (tertiary/aromatic N) is 1. The van der Waals surface area contributed by atoms with E-state index in [-0.39, 0.29) is 5.91 Å². The number of carbonyl (C=O) groups excluding carboxylic acids is 1. The first-order valence-corrected chi connectivity index (χ1v) is 6.23. The Bertz CT molecular complexity index is 390. The summed E-state index contributed by atoms with van der Waals surface area (Å²) < 4.78 is 0. The fraction of sp³-hybridized carbons (Fsp3) is 0.429. The molecule has 1 fully saturated rings. The molecule has 3 nitrogen and oxygen atoms in total. The van der Waals surface area contributed by atoms with Gasteiger partial charge in [0.15, 0.2) is 0 Å². The fourth-order valence-corrected chi connectivity index (χ4v) is 2.03. The lowest BCUT2D eigenvalue weighted by Gasteiger charge is -2.11. The molecule has 0 heterocycles. The number of hydrogen-bond acceptors (Lipinski definition) is 2. The molecule has 1 aromatic carbocycles. The van der Waals surface area contributed by atoms with Gasteiger partial charge < -0.3 is 0 Å². The third-order valence-electron chi connectivity index (χ3n) is 2.98. The molecule has 0 radical (unpaired) electrons. The minimum absolute atomic E-state index is 0.0331. The van der Waals surface area contributed by atoms with Gasteiger partial charge in [-0.2, -0.15) is 5.10 Å². The average molecular weight is 230 g/mol. The number of hydrogen-bond donors (Lipinski definition) is 1. The highest BCUT2D eigenvalue weighted by Gasteiger charge is 2.07. The highest BCUT2D eigenvalue weighted by atomic mass is 16.2. The normalized spacial score (nSPS) is 15.4. The molecule has 1 aliphatic carbocycles. The zero-order chi connectivity index (χ0) is 11.9. The quantitative estimate of drug-likeness (QED) is 0.797. The molecule has 2 rings (SSSR count). The Morgan fingerprint density at radius 1 is 1.12 bits per heavy atom. The molecule has 0 spiro atoms. The second kappa shape index (κ2) is 6.18. The van der Waals surface area contributed by atoms with Crippen molar-refractivity contribution in [3.63, 3.8) is 0 Å². The van der Waals surface area contributed by atoms with Crippen molar-refractivity contribution in [1.82, 2.24) is 5.43 Å². The summed E-state index contributed by atoms with van der Waals surface area (Å²) in [5.74, 6) is -0.0331. The second-order valence-corrected chi connectivity index (χ2v) is 4.44. The topological polar surface area (TPSA) is 41.5 Å². The van der Waals surface area contributed by atoms with Gasteiger partial charge in [-0.05, 0) is 31.2 Å². The maximum Gasteiger partial charge on any atom is 0.244 e. The van der Waals surface area contributed by atoms with Gasteiger partial charge in [0.1, 0.15) is 0 Å². The van der Waals surface area contributed by atoms with E-state index in [4.69, 9.17) is 0 Å². The van der Waals surface area contributed by atoms with Gasteiger partial charge in [0.05, 0.1) is 6.42 Å². The van der Waals surface area contributed by atoms with E-state index < -0.39 is 0 Å². The predicted octanol–water partition coefficient (Wildman–Crippen LogP) is 2.67. The molecule has 0 saturated heterocycles. The summed E-state index contributed by atoms with van der Waals surface area (Å²) in [6, 6.07) is 9.73. The van der Waals surface area contributed by atoms with Crippen LogP contribution in [0.3, 0.4) is 0 Å². The van der Waals surface area contributed by atoms with Gasteiger partial charge in [-0.25, -0.2) is 5.43 Å². The number of nitrogens with one attached hydrogen (secondary N) is 1. The van der Waals surface area contributed by atoms with E-state index in [1.807, 2.05) is 30.3 Å². The van der Waals surface area contributed by atoms with Crippen LogP contribution < -0.4 is 5.43 Å². The van der Waals surface area contributed by atoms with Crippen molar-refractivity contribution in [3.05, 3.63) is 35.9 Å². The Morgan fingerprint density at radius 2 is 1.82 bits per heavy atom. The van der Waals surface area contributed by atoms with Crippen LogP contribution in [0.2, 0.25) is 0 Å². The minimum atomic E-state index is -0.0331. The number of benzene rings is 1. The van der Waals surface area contributed by atoms with Crippen LogP contribution in [-0.4, -0.2) is 11.6 Å². The molecule has 1 aliphatic rings. The van der Waals surface area contributed by atoms with Gasteiger partial charge in [0.25, 0.3) is 0 Å². The van der Waals surface area contributed by atoms with E-state index in [9.17, 15) is 4.79 Å². The van der Waals surface area contributed by atoms with Gasteiger partial charge in [-0.1, -0.05) is 36.8 Å². The largest absolute Gasteiger partial charge is 0.273 e. The van der Waals surface area contributed by atoms with Gasteiger partial charge in [0, 0.05) is 5.71 Å². The third kappa shape index (κ3) is 4.02. The highest BCUT2D eigenvalue weighted by molar-refractivity contribution is 5.87. The first-order chi connectivity index (χ1) is 8.34. The Labute approximate surface area is 102 Å². The molecule has 0 aliphatic heterocycles. The molecule has 3 heteroatoms. The molecule has 0 bridgehead atoms. The SMILES string of the molecule is O=C(Cc1ccccc1)NN=C1CCCCC1. The lowest BCUT2D eigenvalue weighted by molar-refractivity contribution is -0.120. The maximum atomic E-state index is 11.6. The molecule has 0 atom stereocenters. The van der Waals surface area contributed by atoms with Crippen LogP contribution in [0, 0.1) is 0 Å². The molecule has 17 heavy (non-hydrogen) atoms. The van der Waals surface area contributed by atoms with Gasteiger partial charge >= 0.3 is 0 Å². The van der Waals surface area contributed by atoms with E-state index in [1.54, 1.807) is 0 Å². The lowest BCUT2D eigenvalue weighted by Crippen LogP contribution is -2.22. The summed E-state index contributed by atoms with van der Waals surface area (Å²) in [5, 5.41) is 4.20. The summed E-state index contributed by atoms with van der Waals surface area (Å²) in [4.78, 5) is 11.6. The van der Waals surface area contributed by atoms with Crippen molar-refractivity contribution in [1.29, 1.82) is 0 Å². The van der Waals surface area contributed by atoms with Crippen LogP contribution in [0.25, 0.3) is 0 Å². The monoisotopic (exact) mass is 230 g/mol. The standard InChI is InChI=1S/C14H18N2O/c17-14(11-12-7-3-1-4-8-12)16-15-13-9-5-2-6-10-13/h1,3-4,7-8H,2,5-6,9-11H2,(H,16,17). The molecule has 1 N–H and O–H groups in total. The predicted molar refractivity (Wildman–Crippen MR) is 68.8 cm³/mol. The van der Waals surface area contributed by atoms with Crippen LogP contribution in [0.5, 0.6) is 0 Å². The molecular weight excluding hydrogens is 212 g/mol. The first kappa shape index (κ1) is 11.8. The number of carbonyl (C=O) groups is 1. The highest BCUT2D eigenvalue weighted by Crippen LogP contribution is 2.14. The Balaban J connectivity index is 1.81. The van der Waals surface area contributed by atoms with Crippen LogP contribution >= 0.6 is 0 Å². The Morgan fingerprint density at radius 3 is 2.53 bits per heavy atom. The summed E-state index contributed by atoms with van der Waals surface area (Å²) >= 11 is 0. The van der Waals surface area contributed by atoms with Gasteiger partial charge in [-0.3, -0.25) is 4.79 Å². The first-order valence-electron chi connectivity index (χ1n) is 6.23. The van der Waals surface area contributed by atoms with Crippen molar-refractivity contribution in [2.24, 2.45) is 5.10 Å². The van der Waals surface area contributed by atoms with Crippen LogP contribution in [0.1, 0.15) is 37.7 Å². The summed E-state index contributed by atoms with van der Waals surface area (Å²) in [6.07, 6.45) is 6.16. The van der Waals surface area contributed by atoms with E-state index in [2.05, 4.69) is 10.5 Å². The summed E-state index contributed by atoms with van der Waals surface area (Å²) in [5.41, 5.74) is 4.81. The van der Waals surface area contributed by atoms with E-state index in [0.29, 0.717) is 6.42 Å². The van der Waals surface area contributed by atoms with Crippen molar-refractivity contribution in [2.75, 3.05) is 0 Å². The van der Waals surface area contributed by atoms with Crippen LogP contribution in [-0.2, 0) is 11.2 Å². The second-order valence-electron chi connectivity index (χ2n) is 4.44. The van der Waals surface area contributed by atoms with Crippen molar-refractivity contribution in [3.8, 4) is 0 Å². The van der Waals surface area contributed by atoms with Crippen molar-refractivity contribution < 1.29 is 4.79 Å². The van der Waals surface area contributed by atoms with E-state index >= 15 is 0 Å². The molecule has 0 unspecified atom stereocenters. The summed E-state index contributed by atoms with van der Waals surface area (Å²) in [7, 11) is 0. The molecule has 1 saturated carbocycles. The molecule has 90 valence electrons. The number of rotatable bonds is 3. The third-order valence-corrected chi connectivity index (χ3v) is 2.98. The fourth-order valence-electron chi connectivity index (χ4n) is 2.03. The van der Waals surface area contributed by atoms with Crippen LogP contribution in [0.15, 0.2) is 35.4 Å². The van der Waals surface area contributed by atoms with Gasteiger partial charge in [0.2, 0.25) is 5.91 Å². The average Bonchev–Trinajstić information content (AvgIpc) is 2.39. The maximum absolute atomic E-state index is 11.6. The van der Waals surface area contributed by atoms with E-state index in [1.165, 1.54) is 19.3 Å².